The van der Waals surface area contributed by atoms with E-state index in [2.05, 4.69) is 17.1 Å². The number of alkyl halides is 3. The second kappa shape index (κ2) is 10.00. The average molecular weight is 340 g/mol. The summed E-state index contributed by atoms with van der Waals surface area (Å²) < 4.78 is 29.0. The van der Waals surface area contributed by atoms with Crippen molar-refractivity contribution in [3.05, 3.63) is 23.4 Å². The third kappa shape index (κ3) is 6.64. The van der Waals surface area contributed by atoms with Gasteiger partial charge in [0.2, 0.25) is 0 Å². The van der Waals surface area contributed by atoms with Crippen LogP contribution in [0.15, 0.2) is 12.1 Å². The number of primary amides is 1. The minimum atomic E-state index is -3.67. The van der Waals surface area contributed by atoms with E-state index >= 15 is 0 Å². The lowest BCUT2D eigenvalue weighted by Gasteiger charge is -2.18. The number of aromatic nitrogens is 1. The first-order valence-electron chi connectivity index (χ1n) is 7.85. The molecule has 1 aromatic rings. The van der Waals surface area contributed by atoms with Crippen molar-refractivity contribution in [3.63, 3.8) is 0 Å². The second-order valence-electron chi connectivity index (χ2n) is 5.56. The highest BCUT2D eigenvalue weighted by molar-refractivity contribution is 6.52. The normalized spacial score (nSPS) is 15.2. The van der Waals surface area contributed by atoms with Crippen LogP contribution in [-0.2, 0) is 0 Å². The van der Waals surface area contributed by atoms with Gasteiger partial charge < -0.3 is 11.5 Å². The Hall–Kier alpha value is -1.99. The van der Waals surface area contributed by atoms with Crippen molar-refractivity contribution in [1.29, 1.82) is 0 Å². The number of hydrogen-bond acceptors (Lipinski definition) is 3. The standard InChI is InChI=1S/C15H21BN3O.CHF3/c1-16-14-11(8-7-10-5-3-2-4-6-10)9-12(17)13(19-14)15(18)20;2-1(3)4/h7-10H,2-6,17H2,1H3,(H2,18,20);1H/b8-7+;. The van der Waals surface area contributed by atoms with Crippen molar-refractivity contribution in [3.8, 4) is 0 Å². The molecule has 0 bridgehead atoms. The maximum atomic E-state index is 11.3. The summed E-state index contributed by atoms with van der Waals surface area (Å²) in [7, 11) is 1.87. The fourth-order valence-corrected chi connectivity index (χ4v) is 2.69. The highest BCUT2D eigenvalue weighted by Gasteiger charge is 2.13. The van der Waals surface area contributed by atoms with Gasteiger partial charge in [-0.25, -0.2) is 0 Å². The molecular formula is C16H22BF3N3O. The minimum absolute atomic E-state index is 0.146. The number of nitrogens with zero attached hydrogens (tertiary/aromatic N) is 1. The Morgan fingerprint density at radius 2 is 1.92 bits per heavy atom. The molecule has 0 spiro atoms. The van der Waals surface area contributed by atoms with E-state index in [1.165, 1.54) is 32.1 Å². The third-order valence-corrected chi connectivity index (χ3v) is 3.82. The maximum Gasteiger partial charge on any atom is 0.379 e. The Morgan fingerprint density at radius 3 is 2.42 bits per heavy atom. The van der Waals surface area contributed by atoms with Crippen LogP contribution in [-0.4, -0.2) is 24.8 Å². The second-order valence-corrected chi connectivity index (χ2v) is 5.56. The first kappa shape index (κ1) is 20.1. The smallest absolute Gasteiger partial charge is 0.379 e. The van der Waals surface area contributed by atoms with Crippen LogP contribution in [0.2, 0.25) is 6.82 Å². The van der Waals surface area contributed by atoms with Gasteiger partial charge in [0, 0.05) is 5.59 Å². The van der Waals surface area contributed by atoms with Gasteiger partial charge in [-0.1, -0.05) is 38.2 Å². The zero-order chi connectivity index (χ0) is 18.1. The van der Waals surface area contributed by atoms with Crippen LogP contribution >= 0.6 is 0 Å². The number of nitrogen functional groups attached to an aromatic ring is 1. The van der Waals surface area contributed by atoms with E-state index in [0.29, 0.717) is 11.6 Å². The maximum absolute atomic E-state index is 11.3. The average Bonchev–Trinajstić information content (AvgIpc) is 2.53. The number of halogens is 3. The number of allylic oxidation sites excluding steroid dienone is 1. The highest BCUT2D eigenvalue weighted by Crippen LogP contribution is 2.25. The lowest BCUT2D eigenvalue weighted by atomic mass is 9.74. The molecule has 8 heteroatoms. The van der Waals surface area contributed by atoms with E-state index in [-0.39, 0.29) is 5.69 Å². The van der Waals surface area contributed by atoms with E-state index in [4.69, 9.17) is 11.5 Å². The molecule has 4 nitrogen and oxygen atoms in total. The number of amides is 1. The summed E-state index contributed by atoms with van der Waals surface area (Å²) in [6.07, 6.45) is 10.8. The molecule has 1 aliphatic carbocycles. The van der Waals surface area contributed by atoms with Gasteiger partial charge in [-0.2, -0.15) is 13.2 Å². The number of hydrogen-bond donors (Lipinski definition) is 2. The van der Waals surface area contributed by atoms with Gasteiger partial charge in [0.1, 0.15) is 5.69 Å². The molecule has 1 heterocycles. The van der Waals surface area contributed by atoms with Gasteiger partial charge >= 0.3 is 6.68 Å². The van der Waals surface area contributed by atoms with Crippen molar-refractivity contribution >= 4 is 30.5 Å². The summed E-state index contributed by atoms with van der Waals surface area (Å²) in [4.78, 5) is 15.5. The molecule has 1 aromatic heterocycles. The predicted molar refractivity (Wildman–Crippen MR) is 91.1 cm³/mol. The number of anilines is 1. The van der Waals surface area contributed by atoms with E-state index in [1.807, 2.05) is 14.1 Å². The zero-order valence-corrected chi connectivity index (χ0v) is 13.6. The van der Waals surface area contributed by atoms with Crippen molar-refractivity contribution in [2.24, 2.45) is 11.7 Å². The number of pyridine rings is 1. The molecule has 1 saturated carbocycles. The lowest BCUT2D eigenvalue weighted by Crippen LogP contribution is -2.26. The molecule has 0 atom stereocenters. The van der Waals surface area contributed by atoms with Crippen LogP contribution in [0.5, 0.6) is 0 Å². The van der Waals surface area contributed by atoms with Gasteiger partial charge in [-0.05, 0) is 30.4 Å². The number of rotatable bonds is 4. The molecule has 1 fully saturated rings. The Bertz CT molecular complexity index is 573. The Labute approximate surface area is 140 Å². The van der Waals surface area contributed by atoms with Crippen LogP contribution in [0.4, 0.5) is 18.9 Å². The number of carbonyl (C=O) groups is 1. The van der Waals surface area contributed by atoms with E-state index in [0.717, 1.165) is 11.2 Å². The van der Waals surface area contributed by atoms with E-state index in [9.17, 15) is 18.0 Å². The fraction of sp³-hybridized carbons (Fsp3) is 0.500. The molecule has 131 valence electrons. The molecule has 2 rings (SSSR count). The zero-order valence-electron chi connectivity index (χ0n) is 13.6. The quantitative estimate of drug-likeness (QED) is 0.827. The molecule has 4 N–H and O–H groups in total. The molecule has 0 aromatic carbocycles. The summed E-state index contributed by atoms with van der Waals surface area (Å²) in [6, 6.07) is 1.78. The lowest BCUT2D eigenvalue weighted by molar-refractivity contribution is 0.00818. The van der Waals surface area contributed by atoms with Gasteiger partial charge in [0.15, 0.2) is 7.28 Å². The van der Waals surface area contributed by atoms with Crippen LogP contribution in [0.25, 0.3) is 6.08 Å². The Kier molecular flexibility index (Phi) is 8.36. The van der Waals surface area contributed by atoms with Gasteiger partial charge in [-0.3, -0.25) is 9.78 Å². The predicted octanol–water partition coefficient (Wildman–Crippen LogP) is 2.91. The first-order chi connectivity index (χ1) is 11.3. The molecule has 0 saturated heterocycles. The summed E-state index contributed by atoms with van der Waals surface area (Å²) in [5.74, 6) is 0.0545. The van der Waals surface area contributed by atoms with Gasteiger partial charge in [-0.15, -0.1) is 0 Å². The summed E-state index contributed by atoms with van der Waals surface area (Å²) in [6.45, 7) is -1.78. The van der Waals surface area contributed by atoms with Crippen LogP contribution in [0.1, 0.15) is 48.2 Å². The Morgan fingerprint density at radius 1 is 1.33 bits per heavy atom. The highest BCUT2D eigenvalue weighted by atomic mass is 19.4. The summed E-state index contributed by atoms with van der Waals surface area (Å²) >= 11 is 0. The van der Waals surface area contributed by atoms with Crippen molar-refractivity contribution < 1.29 is 18.0 Å². The van der Waals surface area contributed by atoms with Crippen LogP contribution in [0.3, 0.4) is 0 Å². The number of carbonyl (C=O) groups excluding carboxylic acids is 1. The van der Waals surface area contributed by atoms with Crippen molar-refractivity contribution in [2.45, 2.75) is 45.6 Å². The molecule has 0 aliphatic heterocycles. The molecule has 0 unspecified atom stereocenters. The molecule has 1 aliphatic rings. The van der Waals surface area contributed by atoms with E-state index < -0.39 is 12.6 Å². The summed E-state index contributed by atoms with van der Waals surface area (Å²) in [5.41, 5.74) is 13.3. The van der Waals surface area contributed by atoms with Gasteiger partial charge in [0.25, 0.3) is 5.91 Å². The van der Waals surface area contributed by atoms with Crippen molar-refractivity contribution in [1.82, 2.24) is 4.98 Å². The third-order valence-electron chi connectivity index (χ3n) is 3.82. The molecule has 1 amide bonds. The fourth-order valence-electron chi connectivity index (χ4n) is 2.69. The largest absolute Gasteiger partial charge is 0.397 e. The molecule has 1 radical (unpaired) electrons. The minimum Gasteiger partial charge on any atom is -0.397 e. The molecular weight excluding hydrogens is 318 g/mol. The first-order valence-corrected chi connectivity index (χ1v) is 7.85. The monoisotopic (exact) mass is 340 g/mol. The topological polar surface area (TPSA) is 82.0 Å². The van der Waals surface area contributed by atoms with Crippen LogP contribution < -0.4 is 17.1 Å². The SMILES string of the molecule is C[B]c1nc(C(N)=O)c(N)cc1/C=C/C1CCCCC1.FC(F)F. The summed E-state index contributed by atoms with van der Waals surface area (Å²) in [5, 5.41) is 0. The van der Waals surface area contributed by atoms with Gasteiger partial charge in [0.05, 0.1) is 5.69 Å². The van der Waals surface area contributed by atoms with Crippen molar-refractivity contribution in [2.75, 3.05) is 5.73 Å². The van der Waals surface area contributed by atoms with E-state index in [1.54, 1.807) is 6.07 Å². The van der Waals surface area contributed by atoms with Crippen LogP contribution in [0, 0.1) is 5.92 Å². The number of nitrogens with two attached hydrogens (primary N) is 2. The Balaban J connectivity index is 0.000000648. The molecule has 24 heavy (non-hydrogen) atoms.